The molecule has 2 aromatic heterocycles. The van der Waals surface area contributed by atoms with Crippen LogP contribution in [0.3, 0.4) is 0 Å². The summed E-state index contributed by atoms with van der Waals surface area (Å²) in [5, 5.41) is 3.98. The summed E-state index contributed by atoms with van der Waals surface area (Å²) in [6.07, 6.45) is 1.69. The van der Waals surface area contributed by atoms with Crippen LogP contribution in [0, 0.1) is 6.92 Å². The number of anilines is 1. The monoisotopic (exact) mass is 265 g/mol. The molecule has 2 rings (SSSR count). The van der Waals surface area contributed by atoms with E-state index in [1.54, 1.807) is 41.1 Å². The topological polar surface area (TPSA) is 77.0 Å². The lowest BCUT2D eigenvalue weighted by atomic mass is 10.3. The number of aryl methyl sites for hydroxylation is 1. The zero-order valence-electron chi connectivity index (χ0n) is 10.3. The fourth-order valence-corrected chi connectivity index (χ4v) is 2.34. The molecule has 0 saturated heterocycles. The van der Waals surface area contributed by atoms with Gasteiger partial charge in [0.2, 0.25) is 5.91 Å². The SMILES string of the molecule is Cc1ncsc1CN(C)C(=O)Cn1ccc(N)n1. The maximum atomic E-state index is 12.0. The van der Waals surface area contributed by atoms with Crippen molar-refractivity contribution < 1.29 is 4.79 Å². The van der Waals surface area contributed by atoms with Crippen LogP contribution in [0.5, 0.6) is 0 Å². The summed E-state index contributed by atoms with van der Waals surface area (Å²) in [4.78, 5) is 18.9. The number of carbonyl (C=O) groups excluding carboxylic acids is 1. The smallest absolute Gasteiger partial charge is 0.244 e. The van der Waals surface area contributed by atoms with Gasteiger partial charge in [0, 0.05) is 18.1 Å². The number of likely N-dealkylation sites (N-methyl/N-ethyl adjacent to an activating group) is 1. The summed E-state index contributed by atoms with van der Waals surface area (Å²) in [6.45, 7) is 2.72. The average molecular weight is 265 g/mol. The zero-order valence-corrected chi connectivity index (χ0v) is 11.1. The lowest BCUT2D eigenvalue weighted by Gasteiger charge is -2.16. The number of aromatic nitrogens is 3. The van der Waals surface area contributed by atoms with E-state index < -0.39 is 0 Å². The molecule has 0 bridgehead atoms. The van der Waals surface area contributed by atoms with Gasteiger partial charge in [0.25, 0.3) is 0 Å². The van der Waals surface area contributed by atoms with Gasteiger partial charge < -0.3 is 10.6 Å². The molecule has 6 nitrogen and oxygen atoms in total. The molecule has 0 aliphatic carbocycles. The number of nitrogens with two attached hydrogens (primary N) is 1. The molecule has 0 fully saturated rings. The molecule has 2 N–H and O–H groups in total. The van der Waals surface area contributed by atoms with Gasteiger partial charge in [-0.2, -0.15) is 5.10 Å². The molecule has 0 atom stereocenters. The molecule has 0 radical (unpaired) electrons. The molecule has 0 aliphatic rings. The second-order valence-corrected chi connectivity index (χ2v) is 4.99. The molecule has 18 heavy (non-hydrogen) atoms. The molecule has 2 aromatic rings. The highest BCUT2D eigenvalue weighted by molar-refractivity contribution is 7.09. The van der Waals surface area contributed by atoms with Gasteiger partial charge in [-0.1, -0.05) is 0 Å². The molecule has 1 amide bonds. The second kappa shape index (κ2) is 5.18. The standard InChI is InChI=1S/C11H15N5OS/c1-8-9(18-7-13-8)5-15(2)11(17)6-16-4-3-10(12)14-16/h3-4,7H,5-6H2,1-2H3,(H2,12,14). The van der Waals surface area contributed by atoms with Crippen molar-refractivity contribution in [3.05, 3.63) is 28.3 Å². The van der Waals surface area contributed by atoms with E-state index >= 15 is 0 Å². The molecule has 0 aromatic carbocycles. The minimum Gasteiger partial charge on any atom is -0.382 e. The van der Waals surface area contributed by atoms with Crippen molar-refractivity contribution >= 4 is 23.1 Å². The summed E-state index contributed by atoms with van der Waals surface area (Å²) in [5.41, 5.74) is 8.26. The Morgan fingerprint density at radius 2 is 2.39 bits per heavy atom. The third-order valence-corrected chi connectivity index (χ3v) is 3.53. The molecule has 0 saturated carbocycles. The van der Waals surface area contributed by atoms with Gasteiger partial charge in [0.1, 0.15) is 12.4 Å². The first-order chi connectivity index (χ1) is 8.56. The largest absolute Gasteiger partial charge is 0.382 e. The van der Waals surface area contributed by atoms with Gasteiger partial charge in [-0.25, -0.2) is 4.98 Å². The van der Waals surface area contributed by atoms with E-state index in [2.05, 4.69) is 10.1 Å². The summed E-state index contributed by atoms with van der Waals surface area (Å²) in [5.74, 6) is 0.412. The van der Waals surface area contributed by atoms with Crippen LogP contribution in [0.15, 0.2) is 17.8 Å². The van der Waals surface area contributed by atoms with E-state index in [0.717, 1.165) is 10.6 Å². The Bertz CT molecular complexity index is 547. The molecule has 0 unspecified atom stereocenters. The minimum absolute atomic E-state index is 0.00843. The first-order valence-electron chi connectivity index (χ1n) is 5.48. The minimum atomic E-state index is -0.00843. The number of thiazole rings is 1. The van der Waals surface area contributed by atoms with Crippen molar-refractivity contribution in [1.82, 2.24) is 19.7 Å². The highest BCUT2D eigenvalue weighted by atomic mass is 32.1. The Morgan fingerprint density at radius 3 is 2.94 bits per heavy atom. The van der Waals surface area contributed by atoms with Crippen molar-refractivity contribution in [1.29, 1.82) is 0 Å². The van der Waals surface area contributed by atoms with Gasteiger partial charge >= 0.3 is 0 Å². The van der Waals surface area contributed by atoms with E-state index in [1.165, 1.54) is 4.68 Å². The molecular formula is C11H15N5OS. The van der Waals surface area contributed by atoms with Crippen LogP contribution in [0.25, 0.3) is 0 Å². The van der Waals surface area contributed by atoms with E-state index in [0.29, 0.717) is 12.4 Å². The third-order valence-electron chi connectivity index (χ3n) is 2.61. The fraction of sp³-hybridized carbons (Fsp3) is 0.364. The maximum absolute atomic E-state index is 12.0. The van der Waals surface area contributed by atoms with Crippen LogP contribution in [-0.4, -0.2) is 32.6 Å². The Hall–Kier alpha value is -1.89. The van der Waals surface area contributed by atoms with Gasteiger partial charge in [-0.3, -0.25) is 9.48 Å². The second-order valence-electron chi connectivity index (χ2n) is 4.05. The summed E-state index contributed by atoms with van der Waals surface area (Å²) < 4.78 is 1.54. The van der Waals surface area contributed by atoms with Crippen molar-refractivity contribution in [2.75, 3.05) is 12.8 Å². The lowest BCUT2D eigenvalue weighted by Crippen LogP contribution is -2.29. The van der Waals surface area contributed by atoms with Crippen molar-refractivity contribution in [2.45, 2.75) is 20.0 Å². The lowest BCUT2D eigenvalue weighted by molar-refractivity contribution is -0.131. The molecule has 2 heterocycles. The summed E-state index contributed by atoms with van der Waals surface area (Å²) in [7, 11) is 1.77. The van der Waals surface area contributed by atoms with Crippen LogP contribution in [-0.2, 0) is 17.9 Å². The Kier molecular flexibility index (Phi) is 3.61. The van der Waals surface area contributed by atoms with Crippen LogP contribution >= 0.6 is 11.3 Å². The normalized spacial score (nSPS) is 10.6. The predicted octanol–water partition coefficient (Wildman–Crippen LogP) is 0.889. The Labute approximate surface area is 109 Å². The number of hydrogen-bond donors (Lipinski definition) is 1. The van der Waals surface area contributed by atoms with Gasteiger partial charge in [-0.05, 0) is 13.0 Å². The Balaban J connectivity index is 1.95. The summed E-state index contributed by atoms with van der Waals surface area (Å²) >= 11 is 1.56. The molecule has 7 heteroatoms. The van der Waals surface area contributed by atoms with Gasteiger partial charge in [0.15, 0.2) is 0 Å². The van der Waals surface area contributed by atoms with Crippen molar-refractivity contribution in [3.8, 4) is 0 Å². The van der Waals surface area contributed by atoms with Crippen LogP contribution in [0.2, 0.25) is 0 Å². The average Bonchev–Trinajstić information content (AvgIpc) is 2.89. The number of hydrogen-bond acceptors (Lipinski definition) is 5. The number of carbonyl (C=O) groups is 1. The number of nitrogens with zero attached hydrogens (tertiary/aromatic N) is 4. The molecule has 0 aliphatic heterocycles. The van der Waals surface area contributed by atoms with E-state index in [1.807, 2.05) is 6.92 Å². The zero-order chi connectivity index (χ0) is 13.1. The van der Waals surface area contributed by atoms with Crippen LogP contribution < -0.4 is 5.73 Å². The quantitative estimate of drug-likeness (QED) is 0.890. The van der Waals surface area contributed by atoms with Gasteiger partial charge in [-0.15, -0.1) is 11.3 Å². The van der Waals surface area contributed by atoms with Crippen LogP contribution in [0.1, 0.15) is 10.6 Å². The fourth-order valence-electron chi connectivity index (χ4n) is 1.51. The summed E-state index contributed by atoms with van der Waals surface area (Å²) in [6, 6.07) is 1.67. The predicted molar refractivity (Wildman–Crippen MR) is 70.0 cm³/mol. The van der Waals surface area contributed by atoms with E-state index in [-0.39, 0.29) is 12.5 Å². The maximum Gasteiger partial charge on any atom is 0.244 e. The van der Waals surface area contributed by atoms with Crippen molar-refractivity contribution in [3.63, 3.8) is 0 Å². The van der Waals surface area contributed by atoms with Crippen molar-refractivity contribution in [2.24, 2.45) is 0 Å². The Morgan fingerprint density at radius 1 is 1.61 bits per heavy atom. The number of rotatable bonds is 4. The van der Waals surface area contributed by atoms with Crippen LogP contribution in [0.4, 0.5) is 5.82 Å². The molecular weight excluding hydrogens is 250 g/mol. The van der Waals surface area contributed by atoms with Gasteiger partial charge in [0.05, 0.1) is 17.7 Å². The van der Waals surface area contributed by atoms with E-state index in [4.69, 9.17) is 5.73 Å². The van der Waals surface area contributed by atoms with E-state index in [9.17, 15) is 4.79 Å². The molecule has 0 spiro atoms. The first kappa shape index (κ1) is 12.6. The number of nitrogen functional groups attached to an aromatic ring is 1. The highest BCUT2D eigenvalue weighted by Gasteiger charge is 2.12. The third kappa shape index (κ3) is 2.86. The number of amides is 1. The molecule has 96 valence electrons. The first-order valence-corrected chi connectivity index (χ1v) is 6.36. The highest BCUT2D eigenvalue weighted by Crippen LogP contribution is 2.14.